The first-order valence-electron chi connectivity index (χ1n) is 8.42. The van der Waals surface area contributed by atoms with Gasteiger partial charge in [-0.1, -0.05) is 66.4 Å². The minimum atomic E-state index is 0.0435. The van der Waals surface area contributed by atoms with Crippen molar-refractivity contribution in [3.63, 3.8) is 0 Å². The van der Waals surface area contributed by atoms with Gasteiger partial charge in [-0.15, -0.1) is 5.10 Å². The summed E-state index contributed by atoms with van der Waals surface area (Å²) in [6, 6.07) is 18.4. The van der Waals surface area contributed by atoms with Crippen LogP contribution in [0.1, 0.15) is 18.4 Å². The third kappa shape index (κ3) is 3.51. The third-order valence-corrected chi connectivity index (χ3v) is 5.72. The van der Waals surface area contributed by atoms with Gasteiger partial charge >= 0.3 is 0 Å². The van der Waals surface area contributed by atoms with Crippen molar-refractivity contribution in [3.05, 3.63) is 66.4 Å². The number of thioether (sulfide) groups is 1. The molecule has 1 saturated carbocycles. The van der Waals surface area contributed by atoms with E-state index in [1.54, 1.807) is 6.20 Å². The molecule has 1 aromatic heterocycles. The van der Waals surface area contributed by atoms with Crippen LogP contribution in [0.3, 0.4) is 0 Å². The van der Waals surface area contributed by atoms with Crippen LogP contribution in [-0.4, -0.2) is 28.4 Å². The average Bonchev–Trinajstić information content (AvgIpc) is 3.47. The summed E-state index contributed by atoms with van der Waals surface area (Å²) in [6.07, 6.45) is 4.02. The highest BCUT2D eigenvalue weighted by atomic mass is 32.2. The Labute approximate surface area is 151 Å². The van der Waals surface area contributed by atoms with Gasteiger partial charge in [0.1, 0.15) is 5.03 Å². The monoisotopic (exact) mass is 349 g/mol. The molecule has 1 fully saturated rings. The molecule has 0 spiro atoms. The van der Waals surface area contributed by atoms with E-state index in [0.29, 0.717) is 12.3 Å². The third-order valence-electron chi connectivity index (χ3n) is 4.74. The molecule has 3 aromatic rings. The van der Waals surface area contributed by atoms with E-state index >= 15 is 0 Å². The van der Waals surface area contributed by atoms with Crippen LogP contribution < -0.4 is 5.32 Å². The molecule has 1 aliphatic carbocycles. The van der Waals surface area contributed by atoms with E-state index in [2.05, 4.69) is 39.8 Å². The lowest BCUT2D eigenvalue weighted by Gasteiger charge is -2.16. The van der Waals surface area contributed by atoms with Crippen molar-refractivity contribution < 1.29 is 4.79 Å². The Morgan fingerprint density at radius 3 is 2.64 bits per heavy atom. The number of carbonyl (C=O) groups excluding carboxylic acids is 1. The molecule has 0 unspecified atom stereocenters. The van der Waals surface area contributed by atoms with Crippen molar-refractivity contribution in [3.8, 4) is 0 Å². The van der Waals surface area contributed by atoms with Gasteiger partial charge < -0.3 is 5.32 Å². The van der Waals surface area contributed by atoms with Crippen molar-refractivity contribution in [2.45, 2.75) is 23.3 Å². The molecule has 1 amide bonds. The fraction of sp³-hybridized carbons (Fsp3) is 0.250. The van der Waals surface area contributed by atoms with Crippen molar-refractivity contribution in [2.24, 2.45) is 0 Å². The molecule has 0 saturated heterocycles. The normalized spacial score (nSPS) is 15.0. The summed E-state index contributed by atoms with van der Waals surface area (Å²) < 4.78 is 0. The van der Waals surface area contributed by atoms with Crippen LogP contribution in [0, 0.1) is 0 Å². The van der Waals surface area contributed by atoms with Crippen LogP contribution in [0.4, 0.5) is 0 Å². The van der Waals surface area contributed by atoms with Gasteiger partial charge in [-0.05, 0) is 18.4 Å². The van der Waals surface area contributed by atoms with Gasteiger partial charge in [-0.3, -0.25) is 4.79 Å². The van der Waals surface area contributed by atoms with Crippen LogP contribution >= 0.6 is 11.8 Å². The van der Waals surface area contributed by atoms with Gasteiger partial charge in [0.15, 0.2) is 0 Å². The molecule has 126 valence electrons. The Bertz CT molecular complexity index is 888. The molecule has 1 heterocycles. The Morgan fingerprint density at radius 2 is 1.84 bits per heavy atom. The van der Waals surface area contributed by atoms with Gasteiger partial charge in [0.2, 0.25) is 5.91 Å². The van der Waals surface area contributed by atoms with Gasteiger partial charge in [0.05, 0.1) is 11.9 Å². The fourth-order valence-corrected chi connectivity index (χ4v) is 3.89. The largest absolute Gasteiger partial charge is 0.354 e. The standard InChI is InChI=1S/C20H19N3OS/c24-18(21-14-20(10-11-20)16-7-2-1-3-8-16)13-25-19-17-9-5-4-6-15(17)12-22-23-19/h1-9,12H,10-11,13-14H2,(H,21,24). The van der Waals surface area contributed by atoms with Crippen LogP contribution in [-0.2, 0) is 10.2 Å². The molecule has 1 aliphatic rings. The zero-order chi connectivity index (χ0) is 17.1. The minimum Gasteiger partial charge on any atom is -0.354 e. The lowest BCUT2D eigenvalue weighted by molar-refractivity contribution is -0.118. The number of nitrogens with one attached hydrogen (secondary N) is 1. The maximum absolute atomic E-state index is 12.3. The lowest BCUT2D eigenvalue weighted by Crippen LogP contribution is -2.33. The molecular weight excluding hydrogens is 330 g/mol. The van der Waals surface area contributed by atoms with E-state index in [1.807, 2.05) is 30.3 Å². The zero-order valence-electron chi connectivity index (χ0n) is 13.8. The fourth-order valence-electron chi connectivity index (χ4n) is 3.07. The summed E-state index contributed by atoms with van der Waals surface area (Å²) in [5.41, 5.74) is 1.46. The molecule has 5 heteroatoms. The number of amides is 1. The Morgan fingerprint density at radius 1 is 1.08 bits per heavy atom. The molecule has 25 heavy (non-hydrogen) atoms. The maximum Gasteiger partial charge on any atom is 0.230 e. The highest BCUT2D eigenvalue weighted by Crippen LogP contribution is 2.47. The van der Waals surface area contributed by atoms with Crippen LogP contribution in [0.5, 0.6) is 0 Å². The average molecular weight is 349 g/mol. The quantitative estimate of drug-likeness (QED) is 0.691. The van der Waals surface area contributed by atoms with Crippen molar-refractivity contribution >= 4 is 28.4 Å². The van der Waals surface area contributed by atoms with E-state index in [-0.39, 0.29) is 11.3 Å². The molecule has 0 radical (unpaired) electrons. The Balaban J connectivity index is 1.35. The van der Waals surface area contributed by atoms with E-state index in [1.165, 1.54) is 17.3 Å². The SMILES string of the molecule is O=C(CSc1nncc2ccccc12)NCC1(c2ccccc2)CC1. The predicted octanol–water partition coefficient (Wildman–Crippen LogP) is 3.57. The summed E-state index contributed by atoms with van der Waals surface area (Å²) in [5.74, 6) is 0.398. The van der Waals surface area contributed by atoms with Crippen molar-refractivity contribution in [2.75, 3.05) is 12.3 Å². The zero-order valence-corrected chi connectivity index (χ0v) is 14.6. The maximum atomic E-state index is 12.3. The molecule has 0 bridgehead atoms. The van der Waals surface area contributed by atoms with Gasteiger partial charge in [-0.2, -0.15) is 5.10 Å². The molecule has 4 rings (SSSR count). The smallest absolute Gasteiger partial charge is 0.230 e. The summed E-state index contributed by atoms with van der Waals surface area (Å²) in [4.78, 5) is 12.3. The summed E-state index contributed by atoms with van der Waals surface area (Å²) in [5, 5.41) is 14.2. The van der Waals surface area contributed by atoms with Crippen molar-refractivity contribution in [1.29, 1.82) is 0 Å². The Hall–Kier alpha value is -2.40. The van der Waals surface area contributed by atoms with E-state index in [4.69, 9.17) is 0 Å². The molecule has 4 nitrogen and oxygen atoms in total. The van der Waals surface area contributed by atoms with Crippen LogP contribution in [0.25, 0.3) is 10.8 Å². The van der Waals surface area contributed by atoms with Crippen LogP contribution in [0.2, 0.25) is 0 Å². The number of aromatic nitrogens is 2. The van der Waals surface area contributed by atoms with E-state index in [9.17, 15) is 4.79 Å². The lowest BCUT2D eigenvalue weighted by atomic mass is 9.96. The molecule has 1 N–H and O–H groups in total. The topological polar surface area (TPSA) is 54.9 Å². The van der Waals surface area contributed by atoms with Crippen LogP contribution in [0.15, 0.2) is 65.8 Å². The van der Waals surface area contributed by atoms with Gasteiger partial charge in [-0.25, -0.2) is 0 Å². The number of hydrogen-bond donors (Lipinski definition) is 1. The minimum absolute atomic E-state index is 0.0435. The Kier molecular flexibility index (Phi) is 4.40. The van der Waals surface area contributed by atoms with Gasteiger partial charge in [0, 0.05) is 22.7 Å². The van der Waals surface area contributed by atoms with Gasteiger partial charge in [0.25, 0.3) is 0 Å². The molecular formula is C20H19N3OS. The summed E-state index contributed by atoms with van der Waals surface area (Å²) >= 11 is 1.44. The van der Waals surface area contributed by atoms with E-state index in [0.717, 1.165) is 28.6 Å². The summed E-state index contributed by atoms with van der Waals surface area (Å²) in [7, 11) is 0. The number of rotatable bonds is 6. The number of benzene rings is 2. The molecule has 0 aliphatic heterocycles. The number of carbonyl (C=O) groups is 1. The first-order valence-corrected chi connectivity index (χ1v) is 9.41. The second-order valence-corrected chi connectivity index (χ2v) is 7.41. The second kappa shape index (κ2) is 6.84. The predicted molar refractivity (Wildman–Crippen MR) is 101 cm³/mol. The van der Waals surface area contributed by atoms with Crippen molar-refractivity contribution in [1.82, 2.24) is 15.5 Å². The first-order chi connectivity index (χ1) is 12.3. The highest BCUT2D eigenvalue weighted by molar-refractivity contribution is 8.00. The summed E-state index contributed by atoms with van der Waals surface area (Å²) in [6.45, 7) is 0.706. The van der Waals surface area contributed by atoms with E-state index < -0.39 is 0 Å². The first kappa shape index (κ1) is 16.1. The molecule has 0 atom stereocenters. The second-order valence-electron chi connectivity index (χ2n) is 6.45. The number of fused-ring (bicyclic) bond motifs is 1. The number of hydrogen-bond acceptors (Lipinski definition) is 4. The number of nitrogens with zero attached hydrogens (tertiary/aromatic N) is 2. The highest BCUT2D eigenvalue weighted by Gasteiger charge is 2.44. The molecule has 2 aromatic carbocycles.